The molecule has 0 nitrogen and oxygen atoms in total. The van der Waals surface area contributed by atoms with Gasteiger partial charge in [-0.1, -0.05) is 54.9 Å². The van der Waals surface area contributed by atoms with Crippen molar-refractivity contribution in [2.24, 2.45) is 16.2 Å². The molecule has 0 saturated heterocycles. The smallest absolute Gasteiger partial charge is 0.210 e. The second kappa shape index (κ2) is 5.67. The van der Waals surface area contributed by atoms with Crippen molar-refractivity contribution < 1.29 is 8.78 Å². The zero-order valence-corrected chi connectivity index (χ0v) is 12.7. The maximum Gasteiger partial charge on any atom is 0.244 e. The van der Waals surface area contributed by atoms with Gasteiger partial charge in [0.25, 0.3) is 0 Å². The summed E-state index contributed by atoms with van der Waals surface area (Å²) in [5.41, 5.74) is -1.04. The van der Waals surface area contributed by atoms with E-state index in [4.69, 9.17) is 0 Å². The third-order valence-electron chi connectivity index (χ3n) is 5.20. The molecule has 2 heteroatoms. The summed E-state index contributed by atoms with van der Waals surface area (Å²) in [5, 5.41) is 0. The highest BCUT2D eigenvalue weighted by Gasteiger charge is 2.50. The van der Waals surface area contributed by atoms with Crippen LogP contribution in [0.4, 0.5) is 8.78 Å². The van der Waals surface area contributed by atoms with Gasteiger partial charge in [0.15, 0.2) is 0 Å². The molecule has 2 unspecified atom stereocenters. The third-order valence-corrected chi connectivity index (χ3v) is 5.20. The second-order valence-corrected chi connectivity index (χ2v) is 6.68. The highest BCUT2D eigenvalue weighted by atomic mass is 19.3. The fraction of sp³-hybridized carbons (Fsp3) is 1.00. The molecule has 0 aliphatic heterocycles. The van der Waals surface area contributed by atoms with Crippen molar-refractivity contribution in [3.05, 3.63) is 0 Å². The topological polar surface area (TPSA) is 0 Å². The minimum Gasteiger partial charge on any atom is -0.210 e. The standard InChI is InChI=1S/C15H30F2/c1-8-13(4,5)11-14(6,9-2)15(7,10-3)12(16)17/h12H,8-11H2,1-7H3. The van der Waals surface area contributed by atoms with E-state index in [1.165, 1.54) is 0 Å². The Balaban J connectivity index is 5.26. The maximum absolute atomic E-state index is 13.4. The predicted molar refractivity (Wildman–Crippen MR) is 71.5 cm³/mol. The molecular formula is C15H30F2. The molecule has 0 radical (unpaired) electrons. The molecule has 0 N–H and O–H groups in total. The van der Waals surface area contributed by atoms with Gasteiger partial charge in [0.1, 0.15) is 0 Å². The van der Waals surface area contributed by atoms with E-state index in [0.717, 1.165) is 19.3 Å². The van der Waals surface area contributed by atoms with Crippen LogP contribution in [0.1, 0.15) is 74.1 Å². The average molecular weight is 248 g/mol. The van der Waals surface area contributed by atoms with Crippen molar-refractivity contribution >= 4 is 0 Å². The van der Waals surface area contributed by atoms with Gasteiger partial charge in [-0.25, -0.2) is 8.78 Å². The first-order valence-corrected chi connectivity index (χ1v) is 6.86. The maximum atomic E-state index is 13.4. The van der Waals surface area contributed by atoms with Gasteiger partial charge in [-0.15, -0.1) is 0 Å². The van der Waals surface area contributed by atoms with Crippen molar-refractivity contribution in [2.45, 2.75) is 80.6 Å². The van der Waals surface area contributed by atoms with Crippen LogP contribution >= 0.6 is 0 Å². The molecule has 0 aliphatic carbocycles. The Labute approximate surface area is 106 Å². The molecule has 0 spiro atoms. The second-order valence-electron chi connectivity index (χ2n) is 6.68. The lowest BCUT2D eigenvalue weighted by atomic mass is 9.57. The summed E-state index contributed by atoms with van der Waals surface area (Å²) in [6.45, 7) is 14.2. The number of hydrogen-bond acceptors (Lipinski definition) is 0. The van der Waals surface area contributed by atoms with Crippen molar-refractivity contribution in [3.63, 3.8) is 0 Å². The van der Waals surface area contributed by atoms with Crippen LogP contribution in [0.25, 0.3) is 0 Å². The van der Waals surface area contributed by atoms with Crippen LogP contribution in [-0.4, -0.2) is 6.43 Å². The Morgan fingerprint density at radius 2 is 1.29 bits per heavy atom. The molecule has 0 aliphatic rings. The zero-order valence-electron chi connectivity index (χ0n) is 12.7. The lowest BCUT2D eigenvalue weighted by Crippen LogP contribution is -2.45. The summed E-state index contributed by atoms with van der Waals surface area (Å²) in [7, 11) is 0. The zero-order chi connectivity index (χ0) is 13.9. The monoisotopic (exact) mass is 248 g/mol. The van der Waals surface area contributed by atoms with Crippen molar-refractivity contribution in [1.82, 2.24) is 0 Å². The largest absolute Gasteiger partial charge is 0.244 e. The van der Waals surface area contributed by atoms with Gasteiger partial charge in [-0.05, 0) is 30.1 Å². The van der Waals surface area contributed by atoms with E-state index >= 15 is 0 Å². The van der Waals surface area contributed by atoms with E-state index in [0.29, 0.717) is 6.42 Å². The Bertz CT molecular complexity index is 235. The molecule has 17 heavy (non-hydrogen) atoms. The molecule has 0 rings (SSSR count). The number of alkyl halides is 2. The highest BCUT2D eigenvalue weighted by molar-refractivity contribution is 4.95. The quantitative estimate of drug-likeness (QED) is 0.525. The Hall–Kier alpha value is -0.140. The lowest BCUT2D eigenvalue weighted by molar-refractivity contribution is -0.102. The Morgan fingerprint density at radius 3 is 1.53 bits per heavy atom. The van der Waals surface area contributed by atoms with Gasteiger partial charge in [-0.3, -0.25) is 0 Å². The molecule has 0 aromatic heterocycles. The van der Waals surface area contributed by atoms with Crippen LogP contribution in [-0.2, 0) is 0 Å². The van der Waals surface area contributed by atoms with E-state index in [9.17, 15) is 8.78 Å². The van der Waals surface area contributed by atoms with Crippen LogP contribution < -0.4 is 0 Å². The molecule has 0 bridgehead atoms. The van der Waals surface area contributed by atoms with Crippen molar-refractivity contribution in [3.8, 4) is 0 Å². The molecule has 104 valence electrons. The minimum absolute atomic E-state index is 0.135. The average Bonchev–Trinajstić information content (AvgIpc) is 2.26. The van der Waals surface area contributed by atoms with Crippen LogP contribution in [0, 0.1) is 16.2 Å². The van der Waals surface area contributed by atoms with E-state index in [-0.39, 0.29) is 10.8 Å². The normalized spacial score (nSPS) is 20.1. The van der Waals surface area contributed by atoms with Crippen molar-refractivity contribution in [1.29, 1.82) is 0 Å². The van der Waals surface area contributed by atoms with Crippen LogP contribution in [0.2, 0.25) is 0 Å². The Morgan fingerprint density at radius 1 is 0.824 bits per heavy atom. The number of hydrogen-bond donors (Lipinski definition) is 0. The third kappa shape index (κ3) is 3.42. The van der Waals surface area contributed by atoms with Gasteiger partial charge in [0, 0.05) is 5.41 Å². The summed E-state index contributed by atoms with van der Waals surface area (Å²) in [4.78, 5) is 0. The Kier molecular flexibility index (Phi) is 5.62. The summed E-state index contributed by atoms with van der Waals surface area (Å²) < 4.78 is 26.9. The van der Waals surface area contributed by atoms with E-state index in [1.807, 2.05) is 20.8 Å². The minimum atomic E-state index is -2.25. The van der Waals surface area contributed by atoms with E-state index in [1.54, 1.807) is 6.92 Å². The predicted octanol–water partition coefficient (Wildman–Crippen LogP) is 5.91. The van der Waals surface area contributed by atoms with Crippen molar-refractivity contribution in [2.75, 3.05) is 0 Å². The van der Waals surface area contributed by atoms with Gasteiger partial charge in [-0.2, -0.15) is 0 Å². The van der Waals surface area contributed by atoms with Crippen LogP contribution in [0.3, 0.4) is 0 Å². The summed E-state index contributed by atoms with van der Waals surface area (Å²) >= 11 is 0. The molecule has 0 aromatic rings. The van der Waals surface area contributed by atoms with Crippen LogP contribution in [0.5, 0.6) is 0 Å². The number of halogens is 2. The number of rotatable bonds is 7. The molecular weight excluding hydrogens is 218 g/mol. The molecule has 0 saturated carbocycles. The molecule has 0 amide bonds. The lowest BCUT2D eigenvalue weighted by Gasteiger charge is -2.49. The summed E-state index contributed by atoms with van der Waals surface area (Å²) in [6, 6.07) is 0. The van der Waals surface area contributed by atoms with E-state index in [2.05, 4.69) is 20.8 Å². The van der Waals surface area contributed by atoms with Gasteiger partial charge in [0.05, 0.1) is 0 Å². The van der Waals surface area contributed by atoms with Gasteiger partial charge >= 0.3 is 0 Å². The fourth-order valence-electron chi connectivity index (χ4n) is 2.76. The fourth-order valence-corrected chi connectivity index (χ4v) is 2.76. The first-order valence-electron chi connectivity index (χ1n) is 6.86. The van der Waals surface area contributed by atoms with Crippen LogP contribution in [0.15, 0.2) is 0 Å². The summed E-state index contributed by atoms with van der Waals surface area (Å²) in [5.74, 6) is 0. The summed E-state index contributed by atoms with van der Waals surface area (Å²) in [6.07, 6.45) is 0.998. The molecule has 0 aromatic carbocycles. The first-order chi connectivity index (χ1) is 7.58. The molecule has 2 atom stereocenters. The van der Waals surface area contributed by atoms with E-state index < -0.39 is 11.8 Å². The van der Waals surface area contributed by atoms with Gasteiger partial charge in [0.2, 0.25) is 6.43 Å². The first kappa shape index (κ1) is 16.9. The molecule has 0 fully saturated rings. The highest BCUT2D eigenvalue weighted by Crippen LogP contribution is 2.54. The molecule has 0 heterocycles. The van der Waals surface area contributed by atoms with Gasteiger partial charge < -0.3 is 0 Å². The SMILES string of the molecule is CCC(C)(C)CC(C)(CC)C(C)(CC)C(F)F.